The van der Waals surface area contributed by atoms with Crippen LogP contribution in [0.1, 0.15) is 110 Å². The van der Waals surface area contributed by atoms with E-state index >= 15 is 0 Å². The molecule has 4 unspecified atom stereocenters. The van der Waals surface area contributed by atoms with Crippen LogP contribution < -0.4 is 15.5 Å². The van der Waals surface area contributed by atoms with Crippen LogP contribution in [-0.2, 0) is 42.8 Å². The number of rotatable bonds is 27. The highest BCUT2D eigenvalue weighted by Crippen LogP contribution is 2.45. The number of hydrogen-bond acceptors (Lipinski definition) is 12. The summed E-state index contributed by atoms with van der Waals surface area (Å²) in [5, 5.41) is 15.8. The van der Waals surface area contributed by atoms with Crippen molar-refractivity contribution in [2.45, 2.75) is 106 Å². The van der Waals surface area contributed by atoms with E-state index in [4.69, 9.17) is 40.0 Å². The Morgan fingerprint density at radius 1 is 0.840 bits per heavy atom. The quantitative estimate of drug-likeness (QED) is 0.0322. The van der Waals surface area contributed by atoms with E-state index in [9.17, 15) is 19.6 Å². The minimum atomic E-state index is -0.209. The van der Waals surface area contributed by atoms with Gasteiger partial charge in [-0.1, -0.05) is 118 Å². The lowest BCUT2D eigenvalue weighted by molar-refractivity contribution is -0.128. The molecular formula is C65H97ClN6O9. The average Bonchev–Trinajstić information content (AvgIpc) is 4.27. The van der Waals surface area contributed by atoms with Gasteiger partial charge in [0.05, 0.1) is 79.3 Å². The molecule has 0 spiro atoms. The first-order valence-corrected chi connectivity index (χ1v) is 29.9. The first-order valence-electron chi connectivity index (χ1n) is 29.5. The van der Waals surface area contributed by atoms with E-state index in [1.807, 2.05) is 54.1 Å². The molecule has 3 heterocycles. The Morgan fingerprint density at radius 2 is 1.42 bits per heavy atom. The molecule has 3 fully saturated rings. The van der Waals surface area contributed by atoms with Gasteiger partial charge in [0.25, 0.3) is 5.91 Å². The molecule has 0 aromatic heterocycles. The summed E-state index contributed by atoms with van der Waals surface area (Å²) in [5.41, 5.74) is 9.11. The van der Waals surface area contributed by atoms with E-state index in [2.05, 4.69) is 112 Å². The molecule has 2 N–H and O–H groups in total. The maximum Gasteiger partial charge on any atom is 0.264 e. The minimum absolute atomic E-state index is 0.103. The Kier molecular flexibility index (Phi) is 32.7. The molecule has 3 aliphatic heterocycles. The van der Waals surface area contributed by atoms with Crippen molar-refractivity contribution in [3.63, 3.8) is 0 Å². The van der Waals surface area contributed by atoms with E-state index in [1.165, 1.54) is 40.7 Å². The number of fused-ring (bicyclic) bond motifs is 1. The predicted molar refractivity (Wildman–Crippen MR) is 327 cm³/mol. The molecule has 3 aromatic rings. The lowest BCUT2D eigenvalue weighted by Gasteiger charge is -2.41. The molecule has 3 amide bonds. The summed E-state index contributed by atoms with van der Waals surface area (Å²) < 4.78 is 31.9. The Balaban J connectivity index is 0.000000246. The van der Waals surface area contributed by atoms with Crippen LogP contribution in [-0.4, -0.2) is 166 Å². The van der Waals surface area contributed by atoms with Gasteiger partial charge in [0, 0.05) is 69.5 Å². The van der Waals surface area contributed by atoms with Crippen LogP contribution in [0.2, 0.25) is 5.02 Å². The number of ether oxygens (including phenoxy) is 6. The molecule has 3 aromatic carbocycles. The van der Waals surface area contributed by atoms with E-state index < -0.39 is 0 Å². The van der Waals surface area contributed by atoms with Crippen molar-refractivity contribution in [2.75, 3.05) is 137 Å². The van der Waals surface area contributed by atoms with Crippen molar-refractivity contribution < 1.29 is 42.8 Å². The van der Waals surface area contributed by atoms with Crippen LogP contribution in [0, 0.1) is 35.5 Å². The van der Waals surface area contributed by atoms with Crippen LogP contribution in [0.25, 0.3) is 17.2 Å². The zero-order chi connectivity index (χ0) is 58.8. The molecule has 7 rings (SSSR count). The molecule has 0 bridgehead atoms. The zero-order valence-electron chi connectivity index (χ0n) is 50.4. The van der Waals surface area contributed by atoms with Gasteiger partial charge in [0.15, 0.2) is 0 Å². The number of nitrogens with one attached hydrogen (secondary N) is 2. The number of piperidine rings is 1. The third-order valence-electron chi connectivity index (χ3n) is 14.6. The Morgan fingerprint density at radius 3 is 1.94 bits per heavy atom. The highest BCUT2D eigenvalue weighted by Gasteiger charge is 2.35. The number of nitrogens with zero attached hydrogens (tertiary/aromatic N) is 4. The molecule has 81 heavy (non-hydrogen) atoms. The van der Waals surface area contributed by atoms with E-state index in [-0.39, 0.29) is 28.8 Å². The van der Waals surface area contributed by atoms with Gasteiger partial charge in [0.2, 0.25) is 12.3 Å². The smallest absolute Gasteiger partial charge is 0.264 e. The predicted octanol–water partition coefficient (Wildman–Crippen LogP) is 10.5. The molecule has 448 valence electrons. The van der Waals surface area contributed by atoms with Gasteiger partial charge in [-0.05, 0) is 123 Å². The molecular weight excluding hydrogens is 1040 g/mol. The van der Waals surface area contributed by atoms with Crippen LogP contribution in [0.4, 0.5) is 5.69 Å². The van der Waals surface area contributed by atoms with Crippen LogP contribution in [0.5, 0.6) is 0 Å². The number of benzene rings is 3. The minimum Gasteiger partial charge on any atom is -0.379 e. The van der Waals surface area contributed by atoms with Gasteiger partial charge >= 0.3 is 0 Å². The summed E-state index contributed by atoms with van der Waals surface area (Å²) in [5.74, 6) is 1.67. The standard InChI is InChI=1S/C26H31NO.C18H29N3O2.C14H30N2O6.C7H7Cl/c1-5-17(2)24-14-18(3)27(19(4)28)26-13-12-23(16-25(24)26)22-10-8-21(9-11-22)15-20-6-7-20;1-15-5-4-6-21(13-15)17(22)16(12-19)11-18(2,3)14-20-7-9-23-10-8-20;1-15-2-4-18-6-8-20-10-12-22-13-11-21-9-7-19-5-3-16-14-17;1-6-2-4-7(8)5-3-6/h8-13,15-18,24H,5-7,14H2,1-4H3;11,15H,4-10,13-14H2,1-3H3;14-15H,2-13H2,1H3,(H,16,17);2-5H,1H3/b;16-11+;;. The second-order valence-electron chi connectivity index (χ2n) is 22.2. The maximum absolute atomic E-state index is 12.6. The summed E-state index contributed by atoms with van der Waals surface area (Å²) in [6, 6.07) is 25.7. The lowest BCUT2D eigenvalue weighted by Crippen LogP contribution is -2.42. The van der Waals surface area contributed by atoms with Gasteiger partial charge in [0.1, 0.15) is 11.6 Å². The Labute approximate surface area is 491 Å². The normalized spacial score (nSPS) is 18.3. The number of carbonyl (C=O) groups excluding carboxylic acids is 3. The SMILES string of the molecule is CC1CCCN(C(=O)/C(C#N)=C/C(C)(C)CN2CCOCC2)C1.CCC(C)C1CC(C)N(C(C)=O)c2ccc(-c3ccc(C=C4CC4)cc3)cc21.CNCCOCCOCCOCCOCCOCCNC=O.Cc1ccc(Cl)cc1. The largest absolute Gasteiger partial charge is 0.379 e. The molecule has 2 saturated heterocycles. The number of anilines is 1. The van der Waals surface area contributed by atoms with Gasteiger partial charge < -0.3 is 48.9 Å². The van der Waals surface area contributed by atoms with Crippen LogP contribution in [0.3, 0.4) is 0 Å². The van der Waals surface area contributed by atoms with Gasteiger partial charge in [-0.3, -0.25) is 19.3 Å². The molecule has 15 nitrogen and oxygen atoms in total. The molecule has 4 atom stereocenters. The number of allylic oxidation sites excluding steroid dienone is 1. The fraction of sp³-hybridized carbons (Fsp3) is 0.600. The number of morpholine rings is 1. The van der Waals surface area contributed by atoms with Crippen molar-refractivity contribution >= 4 is 41.6 Å². The Hall–Kier alpha value is -4.99. The number of amides is 3. The van der Waals surface area contributed by atoms with Crippen molar-refractivity contribution in [3.8, 4) is 17.2 Å². The number of likely N-dealkylation sites (tertiary alicyclic amines) is 1. The zero-order valence-corrected chi connectivity index (χ0v) is 51.2. The maximum atomic E-state index is 12.6. The highest BCUT2D eigenvalue weighted by molar-refractivity contribution is 6.30. The fourth-order valence-corrected chi connectivity index (χ4v) is 10.1. The summed E-state index contributed by atoms with van der Waals surface area (Å²) >= 11 is 5.61. The van der Waals surface area contributed by atoms with Crippen molar-refractivity contribution in [1.29, 1.82) is 5.26 Å². The molecule has 4 aliphatic rings. The average molecular weight is 1140 g/mol. The van der Waals surface area contributed by atoms with Gasteiger partial charge in [-0.25, -0.2) is 0 Å². The first-order chi connectivity index (χ1) is 39.1. The van der Waals surface area contributed by atoms with Crippen LogP contribution in [0.15, 0.2) is 84.0 Å². The topological polar surface area (TPSA) is 164 Å². The second-order valence-corrected chi connectivity index (χ2v) is 22.7. The number of likely N-dealkylation sites (N-methyl/N-ethyl adjacent to an activating group) is 1. The summed E-state index contributed by atoms with van der Waals surface area (Å²) in [7, 11) is 1.89. The van der Waals surface area contributed by atoms with Crippen LogP contribution >= 0.6 is 11.6 Å². The summed E-state index contributed by atoms with van der Waals surface area (Å²) in [4.78, 5) is 41.1. The molecule has 1 aliphatic carbocycles. The first kappa shape index (κ1) is 68.5. The highest BCUT2D eigenvalue weighted by atomic mass is 35.5. The lowest BCUT2D eigenvalue weighted by atomic mass is 9.76. The molecule has 1 saturated carbocycles. The van der Waals surface area contributed by atoms with Gasteiger partial charge in [-0.2, -0.15) is 5.26 Å². The van der Waals surface area contributed by atoms with Gasteiger partial charge in [-0.15, -0.1) is 0 Å². The third-order valence-corrected chi connectivity index (χ3v) is 14.8. The molecule has 0 radical (unpaired) electrons. The number of halogens is 1. The van der Waals surface area contributed by atoms with E-state index in [0.717, 1.165) is 88.9 Å². The van der Waals surface area contributed by atoms with E-state index in [0.29, 0.717) is 96.8 Å². The fourth-order valence-electron chi connectivity index (χ4n) is 9.95. The van der Waals surface area contributed by atoms with Crippen molar-refractivity contribution in [1.82, 2.24) is 20.4 Å². The molecule has 16 heteroatoms. The second kappa shape index (κ2) is 38.7. The summed E-state index contributed by atoms with van der Waals surface area (Å²) in [6.07, 6.45) is 11.7. The number of nitriles is 1. The van der Waals surface area contributed by atoms with Crippen molar-refractivity contribution in [2.24, 2.45) is 17.3 Å². The third kappa shape index (κ3) is 26.9. The summed E-state index contributed by atoms with van der Waals surface area (Å²) in [6.45, 7) is 29.5. The number of aryl methyl sites for hydroxylation is 1. The Bertz CT molecular complexity index is 2360. The number of hydrogen-bond donors (Lipinski definition) is 2. The van der Waals surface area contributed by atoms with Crippen molar-refractivity contribution in [3.05, 3.63) is 106 Å². The number of carbonyl (C=O) groups is 3. The van der Waals surface area contributed by atoms with E-state index in [1.54, 1.807) is 12.5 Å². The monoisotopic (exact) mass is 1140 g/mol.